The Kier molecular flexibility index (Phi) is 8.43. The highest BCUT2D eigenvalue weighted by atomic mass is 32.2. The van der Waals surface area contributed by atoms with Crippen LogP contribution in [0.5, 0.6) is 5.75 Å². The van der Waals surface area contributed by atoms with Crippen molar-refractivity contribution < 1.29 is 22.7 Å². The van der Waals surface area contributed by atoms with Gasteiger partial charge in [-0.1, -0.05) is 12.1 Å². The number of hydrogen-bond donors (Lipinski definition) is 2. The van der Waals surface area contributed by atoms with E-state index in [1.54, 1.807) is 36.4 Å². The van der Waals surface area contributed by atoms with Crippen LogP contribution in [0.4, 0.5) is 5.69 Å². The molecule has 8 heteroatoms. The maximum Gasteiger partial charge on any atom is 0.259 e. The Labute approximate surface area is 166 Å². The van der Waals surface area contributed by atoms with Gasteiger partial charge in [0, 0.05) is 25.4 Å². The first-order chi connectivity index (χ1) is 13.5. The van der Waals surface area contributed by atoms with Crippen molar-refractivity contribution >= 4 is 21.6 Å². The number of carbonyl (C=O) groups excluding carboxylic acids is 1. The molecule has 0 saturated heterocycles. The minimum atomic E-state index is -3.60. The van der Waals surface area contributed by atoms with E-state index in [-0.39, 0.29) is 10.8 Å². The number of hydrogen-bond acceptors (Lipinski definition) is 5. The second kappa shape index (κ2) is 10.8. The van der Waals surface area contributed by atoms with Crippen molar-refractivity contribution in [1.82, 2.24) is 4.72 Å². The fourth-order valence-electron chi connectivity index (χ4n) is 2.46. The van der Waals surface area contributed by atoms with Gasteiger partial charge in [0.25, 0.3) is 5.91 Å². The summed E-state index contributed by atoms with van der Waals surface area (Å²) in [5, 5.41) is 2.75. The molecule has 152 valence electrons. The summed E-state index contributed by atoms with van der Waals surface area (Å²) in [5.74, 6) is 0.173. The van der Waals surface area contributed by atoms with E-state index in [4.69, 9.17) is 9.47 Å². The molecule has 0 aliphatic heterocycles. The largest absolute Gasteiger partial charge is 0.493 e. The molecule has 0 saturated carbocycles. The van der Waals surface area contributed by atoms with Crippen molar-refractivity contribution in [3.63, 3.8) is 0 Å². The second-order valence-electron chi connectivity index (χ2n) is 5.86. The first-order valence-electron chi connectivity index (χ1n) is 9.18. The van der Waals surface area contributed by atoms with Crippen LogP contribution < -0.4 is 14.8 Å². The predicted octanol–water partition coefficient (Wildman–Crippen LogP) is 3.04. The third kappa shape index (κ3) is 6.33. The van der Waals surface area contributed by atoms with E-state index in [1.165, 1.54) is 12.1 Å². The minimum absolute atomic E-state index is 0.136. The van der Waals surface area contributed by atoms with E-state index in [1.807, 2.05) is 13.8 Å². The van der Waals surface area contributed by atoms with Gasteiger partial charge in [0.15, 0.2) is 0 Å². The Morgan fingerprint density at radius 1 is 1.00 bits per heavy atom. The maximum atomic E-state index is 12.5. The summed E-state index contributed by atoms with van der Waals surface area (Å²) < 4.78 is 37.7. The van der Waals surface area contributed by atoms with Gasteiger partial charge < -0.3 is 14.8 Å². The lowest BCUT2D eigenvalue weighted by atomic mass is 10.2. The summed E-state index contributed by atoms with van der Waals surface area (Å²) in [4.78, 5) is 12.6. The monoisotopic (exact) mass is 406 g/mol. The minimum Gasteiger partial charge on any atom is -0.493 e. The molecule has 2 aromatic rings. The zero-order valence-corrected chi connectivity index (χ0v) is 16.9. The number of sulfonamides is 1. The van der Waals surface area contributed by atoms with E-state index < -0.39 is 10.0 Å². The average molecular weight is 407 g/mol. The molecule has 0 atom stereocenters. The highest BCUT2D eigenvalue weighted by Gasteiger charge is 2.15. The van der Waals surface area contributed by atoms with Crippen molar-refractivity contribution in [2.75, 3.05) is 31.7 Å². The fourth-order valence-corrected chi connectivity index (χ4v) is 3.53. The SMILES string of the molecule is CCOCCCNS(=O)(=O)c1ccc(NC(=O)c2ccccc2OCC)cc1. The van der Waals surface area contributed by atoms with Crippen LogP contribution in [0.3, 0.4) is 0 Å². The first kappa shape index (κ1) is 21.9. The van der Waals surface area contributed by atoms with Crippen LogP contribution in [0.15, 0.2) is 53.4 Å². The molecule has 0 spiro atoms. The van der Waals surface area contributed by atoms with Crippen LogP contribution in [-0.4, -0.2) is 40.7 Å². The standard InChI is InChI=1S/C20H26N2O5S/c1-3-26-15-7-14-21-28(24,25)17-12-10-16(11-13-17)22-20(23)18-8-5-6-9-19(18)27-4-2/h5-6,8-13,21H,3-4,7,14-15H2,1-2H3,(H,22,23). The van der Waals surface area contributed by atoms with Crippen molar-refractivity contribution in [2.45, 2.75) is 25.2 Å². The number of carbonyl (C=O) groups is 1. The van der Waals surface area contributed by atoms with Gasteiger partial charge in [-0.3, -0.25) is 4.79 Å². The van der Waals surface area contributed by atoms with Crippen LogP contribution in [0.2, 0.25) is 0 Å². The molecule has 0 radical (unpaired) electrons. The molecular formula is C20H26N2O5S. The van der Waals surface area contributed by atoms with Crippen LogP contribution in [0.1, 0.15) is 30.6 Å². The van der Waals surface area contributed by atoms with E-state index in [9.17, 15) is 13.2 Å². The molecule has 2 rings (SSSR count). The van der Waals surface area contributed by atoms with Gasteiger partial charge in [0.05, 0.1) is 17.1 Å². The number of nitrogens with one attached hydrogen (secondary N) is 2. The fraction of sp³-hybridized carbons (Fsp3) is 0.350. The molecule has 0 aromatic heterocycles. The number of benzene rings is 2. The number of ether oxygens (including phenoxy) is 2. The Balaban J connectivity index is 1.99. The van der Waals surface area contributed by atoms with Crippen molar-refractivity contribution in [2.24, 2.45) is 0 Å². The lowest BCUT2D eigenvalue weighted by Gasteiger charge is -2.11. The lowest BCUT2D eigenvalue weighted by Crippen LogP contribution is -2.25. The normalized spacial score (nSPS) is 11.2. The summed E-state index contributed by atoms with van der Waals surface area (Å²) in [6.45, 7) is 5.60. The number of amides is 1. The number of rotatable bonds is 11. The van der Waals surface area contributed by atoms with Gasteiger partial charge >= 0.3 is 0 Å². The van der Waals surface area contributed by atoms with Gasteiger partial charge in [0.1, 0.15) is 5.75 Å². The topological polar surface area (TPSA) is 93.7 Å². The Morgan fingerprint density at radius 2 is 1.71 bits per heavy atom. The quantitative estimate of drug-likeness (QED) is 0.560. The van der Waals surface area contributed by atoms with Crippen LogP contribution in [0, 0.1) is 0 Å². The molecule has 7 nitrogen and oxygen atoms in total. The number of para-hydroxylation sites is 1. The van der Waals surface area contributed by atoms with Crippen molar-refractivity contribution in [3.8, 4) is 5.75 Å². The summed E-state index contributed by atoms with van der Waals surface area (Å²) in [6.07, 6.45) is 0.598. The zero-order valence-electron chi connectivity index (χ0n) is 16.1. The van der Waals surface area contributed by atoms with E-state index in [0.29, 0.717) is 49.8 Å². The predicted molar refractivity (Wildman–Crippen MR) is 108 cm³/mol. The average Bonchev–Trinajstić information content (AvgIpc) is 2.69. The molecular weight excluding hydrogens is 380 g/mol. The van der Waals surface area contributed by atoms with Gasteiger partial charge in [0.2, 0.25) is 10.0 Å². The van der Waals surface area contributed by atoms with Crippen LogP contribution in [-0.2, 0) is 14.8 Å². The summed E-state index contributed by atoms with van der Waals surface area (Å²) in [7, 11) is -3.60. The van der Waals surface area contributed by atoms with Gasteiger partial charge in [-0.15, -0.1) is 0 Å². The van der Waals surface area contributed by atoms with Gasteiger partial charge in [-0.05, 0) is 56.7 Å². The molecule has 0 bridgehead atoms. The molecule has 28 heavy (non-hydrogen) atoms. The van der Waals surface area contributed by atoms with Crippen molar-refractivity contribution in [1.29, 1.82) is 0 Å². The third-order valence-electron chi connectivity index (χ3n) is 3.82. The lowest BCUT2D eigenvalue weighted by molar-refractivity contribution is 0.102. The highest BCUT2D eigenvalue weighted by Crippen LogP contribution is 2.20. The van der Waals surface area contributed by atoms with Gasteiger partial charge in [-0.2, -0.15) is 0 Å². The molecule has 2 aromatic carbocycles. The van der Waals surface area contributed by atoms with Crippen molar-refractivity contribution in [3.05, 3.63) is 54.1 Å². The Hall–Kier alpha value is -2.42. The first-order valence-corrected chi connectivity index (χ1v) is 10.7. The molecule has 0 aliphatic rings. The van der Waals surface area contributed by atoms with Gasteiger partial charge in [-0.25, -0.2) is 13.1 Å². The molecule has 1 amide bonds. The summed E-state index contributed by atoms with van der Waals surface area (Å²) >= 11 is 0. The highest BCUT2D eigenvalue weighted by molar-refractivity contribution is 7.89. The molecule has 2 N–H and O–H groups in total. The van der Waals surface area contributed by atoms with E-state index in [0.717, 1.165) is 0 Å². The summed E-state index contributed by atoms with van der Waals surface area (Å²) in [6, 6.07) is 13.0. The smallest absolute Gasteiger partial charge is 0.259 e. The second-order valence-corrected chi connectivity index (χ2v) is 7.62. The molecule has 0 heterocycles. The van der Waals surface area contributed by atoms with E-state index >= 15 is 0 Å². The third-order valence-corrected chi connectivity index (χ3v) is 5.29. The number of anilines is 1. The van der Waals surface area contributed by atoms with Crippen LogP contribution >= 0.6 is 0 Å². The van der Waals surface area contributed by atoms with E-state index in [2.05, 4.69) is 10.0 Å². The Morgan fingerprint density at radius 3 is 2.39 bits per heavy atom. The zero-order chi connectivity index (χ0) is 20.4. The summed E-state index contributed by atoms with van der Waals surface area (Å²) in [5.41, 5.74) is 0.906. The Bertz CT molecular complexity index is 866. The van der Waals surface area contributed by atoms with Crippen LogP contribution in [0.25, 0.3) is 0 Å². The molecule has 0 fully saturated rings. The molecule has 0 unspecified atom stereocenters. The molecule has 0 aliphatic carbocycles. The maximum absolute atomic E-state index is 12.5.